The van der Waals surface area contributed by atoms with Crippen LogP contribution in [0.15, 0.2) is 29.6 Å². The van der Waals surface area contributed by atoms with Crippen molar-refractivity contribution in [3.05, 3.63) is 35.5 Å². The summed E-state index contributed by atoms with van der Waals surface area (Å²) in [7, 11) is -2.01. The molecule has 124 valence electrons. The molecule has 1 unspecified atom stereocenters. The number of aromatic nitrogens is 3. The van der Waals surface area contributed by atoms with Crippen molar-refractivity contribution in [3.63, 3.8) is 0 Å². The molecule has 0 bridgehead atoms. The van der Waals surface area contributed by atoms with Crippen LogP contribution in [0.1, 0.15) is 11.9 Å². The van der Waals surface area contributed by atoms with E-state index < -0.39 is 16.1 Å². The summed E-state index contributed by atoms with van der Waals surface area (Å²) < 4.78 is 29.3. The van der Waals surface area contributed by atoms with Gasteiger partial charge in [0.25, 0.3) is 0 Å². The Morgan fingerprint density at radius 3 is 2.91 bits per heavy atom. The van der Waals surface area contributed by atoms with E-state index in [0.29, 0.717) is 25.5 Å². The third-order valence-corrected chi connectivity index (χ3v) is 5.93. The van der Waals surface area contributed by atoms with Crippen molar-refractivity contribution in [2.75, 3.05) is 25.4 Å². The first kappa shape index (κ1) is 16.2. The first-order valence-electron chi connectivity index (χ1n) is 7.02. The molecule has 1 aliphatic heterocycles. The highest BCUT2D eigenvalue weighted by Crippen LogP contribution is 2.30. The summed E-state index contributed by atoms with van der Waals surface area (Å²) >= 11 is 5.89. The zero-order chi connectivity index (χ0) is 16.6. The van der Waals surface area contributed by atoms with Gasteiger partial charge in [-0.1, -0.05) is 11.6 Å². The van der Waals surface area contributed by atoms with Gasteiger partial charge in [-0.05, 0) is 6.07 Å². The molecule has 3 rings (SSSR count). The van der Waals surface area contributed by atoms with Gasteiger partial charge in [-0.25, -0.2) is 18.4 Å². The molecule has 1 atom stereocenters. The zero-order valence-corrected chi connectivity index (χ0v) is 14.0. The van der Waals surface area contributed by atoms with Gasteiger partial charge >= 0.3 is 0 Å². The number of nitrogens with two attached hydrogens (primary N) is 1. The molecule has 2 aromatic rings. The van der Waals surface area contributed by atoms with E-state index in [9.17, 15) is 8.42 Å². The maximum atomic E-state index is 13.1. The monoisotopic (exact) mass is 356 g/mol. The van der Waals surface area contributed by atoms with Gasteiger partial charge < -0.3 is 15.6 Å². The van der Waals surface area contributed by atoms with Crippen LogP contribution in [0.25, 0.3) is 0 Å². The topological polar surface area (TPSA) is 106 Å². The molecule has 3 heterocycles. The third-order valence-electron chi connectivity index (χ3n) is 3.79. The van der Waals surface area contributed by atoms with Crippen LogP contribution in [0.3, 0.4) is 0 Å². The number of hydrogen-bond acceptors (Lipinski definition) is 6. The Kier molecular flexibility index (Phi) is 4.28. The van der Waals surface area contributed by atoms with E-state index in [2.05, 4.69) is 15.3 Å². The van der Waals surface area contributed by atoms with Crippen LogP contribution < -0.4 is 11.1 Å². The fourth-order valence-electron chi connectivity index (χ4n) is 2.66. The second-order valence-electron chi connectivity index (χ2n) is 5.27. The lowest BCUT2D eigenvalue weighted by Crippen LogP contribution is -2.49. The number of halogens is 1. The first-order chi connectivity index (χ1) is 10.9. The minimum absolute atomic E-state index is 0.0634. The number of pyridine rings is 1. The largest absolute Gasteiger partial charge is 0.383 e. The molecular formula is C13H17ClN6O2S. The number of sulfonamides is 1. The van der Waals surface area contributed by atoms with Gasteiger partial charge in [0.15, 0.2) is 0 Å². The Bertz CT molecular complexity index is 822. The standard InChI is InChI=1S/C13H17ClN6O2S/c1-19-4-3-17-13(19)10-8-16-2-5-20(10)23(21,22)11-6-9(14)7-18-12(11)15/h3-4,6-7,10,16H,2,5,8H2,1H3,(H2,15,18). The van der Waals surface area contributed by atoms with E-state index in [1.54, 1.807) is 17.0 Å². The molecule has 1 aliphatic rings. The second-order valence-corrected chi connectivity index (χ2v) is 7.56. The molecule has 1 saturated heterocycles. The van der Waals surface area contributed by atoms with Crippen molar-refractivity contribution in [1.82, 2.24) is 24.2 Å². The molecular weight excluding hydrogens is 340 g/mol. The summed E-state index contributed by atoms with van der Waals surface area (Å²) in [5.41, 5.74) is 5.76. The predicted octanol–water partition coefficient (Wildman–Crippen LogP) is 0.386. The van der Waals surface area contributed by atoms with Crippen molar-refractivity contribution in [2.45, 2.75) is 10.9 Å². The Morgan fingerprint density at radius 2 is 2.22 bits per heavy atom. The second kappa shape index (κ2) is 6.08. The summed E-state index contributed by atoms with van der Waals surface area (Å²) in [5.74, 6) is 0.598. The summed E-state index contributed by atoms with van der Waals surface area (Å²) in [6.45, 7) is 1.33. The molecule has 0 aromatic carbocycles. The van der Waals surface area contributed by atoms with Crippen molar-refractivity contribution < 1.29 is 8.42 Å². The smallest absolute Gasteiger partial charge is 0.247 e. The molecule has 10 heteroatoms. The highest BCUT2D eigenvalue weighted by atomic mass is 35.5. The molecule has 0 radical (unpaired) electrons. The van der Waals surface area contributed by atoms with Gasteiger partial charge in [0, 0.05) is 45.3 Å². The number of anilines is 1. The number of imidazole rings is 1. The number of piperazine rings is 1. The van der Waals surface area contributed by atoms with Gasteiger partial charge in [-0.15, -0.1) is 0 Å². The van der Waals surface area contributed by atoms with E-state index >= 15 is 0 Å². The van der Waals surface area contributed by atoms with E-state index in [0.717, 1.165) is 0 Å². The van der Waals surface area contributed by atoms with Gasteiger partial charge in [0.05, 0.1) is 11.1 Å². The molecule has 0 spiro atoms. The third kappa shape index (κ3) is 2.92. The molecule has 23 heavy (non-hydrogen) atoms. The van der Waals surface area contributed by atoms with E-state index in [-0.39, 0.29) is 15.7 Å². The van der Waals surface area contributed by atoms with Gasteiger partial charge in [0.1, 0.15) is 16.5 Å². The Morgan fingerprint density at radius 1 is 1.43 bits per heavy atom. The van der Waals surface area contributed by atoms with Gasteiger partial charge in [-0.3, -0.25) is 0 Å². The number of nitrogens with one attached hydrogen (secondary N) is 1. The lowest BCUT2D eigenvalue weighted by Gasteiger charge is -2.34. The Balaban J connectivity index is 2.06. The van der Waals surface area contributed by atoms with Gasteiger partial charge in [-0.2, -0.15) is 4.31 Å². The minimum atomic E-state index is -3.84. The lowest BCUT2D eigenvalue weighted by atomic mass is 10.2. The Labute approximate surface area is 139 Å². The maximum absolute atomic E-state index is 13.1. The highest BCUT2D eigenvalue weighted by molar-refractivity contribution is 7.89. The molecule has 0 amide bonds. The van der Waals surface area contributed by atoms with Crippen molar-refractivity contribution >= 4 is 27.4 Å². The minimum Gasteiger partial charge on any atom is -0.383 e. The average molecular weight is 357 g/mol. The number of rotatable bonds is 3. The average Bonchev–Trinajstić information content (AvgIpc) is 2.95. The SMILES string of the molecule is Cn1ccnc1C1CNCCN1S(=O)(=O)c1cc(Cl)cnc1N. The van der Waals surface area contributed by atoms with Crippen molar-refractivity contribution in [1.29, 1.82) is 0 Å². The quantitative estimate of drug-likeness (QED) is 0.823. The first-order valence-corrected chi connectivity index (χ1v) is 8.84. The summed E-state index contributed by atoms with van der Waals surface area (Å²) in [5, 5.41) is 3.42. The zero-order valence-electron chi connectivity index (χ0n) is 12.5. The molecule has 8 nitrogen and oxygen atoms in total. The van der Waals surface area contributed by atoms with E-state index in [1.165, 1.54) is 16.6 Å². The van der Waals surface area contributed by atoms with E-state index in [1.807, 2.05) is 7.05 Å². The van der Waals surface area contributed by atoms with Crippen molar-refractivity contribution in [2.24, 2.45) is 7.05 Å². The fourth-order valence-corrected chi connectivity index (χ4v) is 4.56. The molecule has 3 N–H and O–H groups in total. The number of aryl methyl sites for hydroxylation is 1. The van der Waals surface area contributed by atoms with Crippen LogP contribution in [-0.4, -0.2) is 46.9 Å². The van der Waals surface area contributed by atoms with Gasteiger partial charge in [0.2, 0.25) is 10.0 Å². The van der Waals surface area contributed by atoms with Crippen LogP contribution in [0, 0.1) is 0 Å². The number of nitrogen functional groups attached to an aromatic ring is 1. The van der Waals surface area contributed by atoms with Crippen LogP contribution in [-0.2, 0) is 17.1 Å². The molecule has 0 saturated carbocycles. The van der Waals surface area contributed by atoms with E-state index in [4.69, 9.17) is 17.3 Å². The number of hydrogen-bond donors (Lipinski definition) is 2. The van der Waals surface area contributed by atoms with Crippen LogP contribution in [0.4, 0.5) is 5.82 Å². The summed E-state index contributed by atoms with van der Waals surface area (Å²) in [6.07, 6.45) is 4.75. The lowest BCUT2D eigenvalue weighted by molar-refractivity contribution is 0.258. The van der Waals surface area contributed by atoms with Crippen LogP contribution in [0.2, 0.25) is 5.02 Å². The normalized spacial score (nSPS) is 19.8. The summed E-state index contributed by atoms with van der Waals surface area (Å²) in [6, 6.07) is 0.906. The number of nitrogens with zero attached hydrogens (tertiary/aromatic N) is 4. The Hall–Kier alpha value is -1.68. The fraction of sp³-hybridized carbons (Fsp3) is 0.385. The van der Waals surface area contributed by atoms with Crippen molar-refractivity contribution in [3.8, 4) is 0 Å². The summed E-state index contributed by atoms with van der Waals surface area (Å²) in [4.78, 5) is 8.05. The van der Waals surface area contributed by atoms with Crippen LogP contribution >= 0.6 is 11.6 Å². The molecule has 2 aromatic heterocycles. The highest BCUT2D eigenvalue weighted by Gasteiger charge is 2.37. The molecule has 1 fully saturated rings. The predicted molar refractivity (Wildman–Crippen MR) is 86.4 cm³/mol. The molecule has 0 aliphatic carbocycles. The van der Waals surface area contributed by atoms with Crippen LogP contribution in [0.5, 0.6) is 0 Å². The maximum Gasteiger partial charge on any atom is 0.247 e.